The van der Waals surface area contributed by atoms with Crippen molar-refractivity contribution in [3.8, 4) is 0 Å². The highest BCUT2D eigenvalue weighted by molar-refractivity contribution is 5.90. The summed E-state index contributed by atoms with van der Waals surface area (Å²) in [6.07, 6.45) is 1.52. The van der Waals surface area contributed by atoms with E-state index in [-0.39, 0.29) is 5.57 Å². The van der Waals surface area contributed by atoms with E-state index in [1.807, 2.05) is 19.9 Å². The van der Waals surface area contributed by atoms with Gasteiger partial charge in [-0.05, 0) is 38.5 Å². The van der Waals surface area contributed by atoms with E-state index >= 15 is 0 Å². The molecular weight excluding hydrogens is 168 g/mol. The number of hydrogen-bond acceptors (Lipinski definition) is 2. The third kappa shape index (κ3) is 2.21. The van der Waals surface area contributed by atoms with Crippen LogP contribution >= 0.6 is 0 Å². The Morgan fingerprint density at radius 1 is 1.54 bits per heavy atom. The Balaban J connectivity index is 2.98. The lowest BCUT2D eigenvalue weighted by Gasteiger charge is -1.89. The summed E-state index contributed by atoms with van der Waals surface area (Å²) in [5.41, 5.74) is 1.30. The van der Waals surface area contributed by atoms with Crippen LogP contribution in [0.5, 0.6) is 0 Å². The second kappa shape index (κ2) is 3.47. The Kier molecular flexibility index (Phi) is 2.56. The number of aliphatic carboxylic acids is 1. The number of aryl methyl sites for hydroxylation is 2. The predicted molar refractivity (Wildman–Crippen MR) is 49.5 cm³/mol. The summed E-state index contributed by atoms with van der Waals surface area (Å²) >= 11 is 0. The Morgan fingerprint density at radius 3 is 2.54 bits per heavy atom. The minimum absolute atomic E-state index is 0.272. The first-order chi connectivity index (χ1) is 6.00. The largest absolute Gasteiger partial charge is 0.478 e. The summed E-state index contributed by atoms with van der Waals surface area (Å²) in [5.74, 6) is 0.492. The van der Waals surface area contributed by atoms with Gasteiger partial charge in [0.05, 0.1) is 0 Å². The van der Waals surface area contributed by atoms with Crippen LogP contribution in [0.1, 0.15) is 24.0 Å². The highest BCUT2D eigenvalue weighted by Gasteiger charge is 2.04. The summed E-state index contributed by atoms with van der Waals surface area (Å²) in [6, 6.07) is 1.82. The number of carboxylic acids is 1. The molecule has 0 atom stereocenters. The molecule has 0 fully saturated rings. The molecule has 0 aliphatic rings. The standard InChI is InChI=1S/C10H12O3/c1-6-4-9(13-8(6)3)5-7(2)10(11)12/h4-5H,1-3H3,(H,11,12)/b7-5+. The van der Waals surface area contributed by atoms with Crippen molar-refractivity contribution in [2.45, 2.75) is 20.8 Å². The molecule has 1 aromatic heterocycles. The molecule has 0 saturated heterocycles. The van der Waals surface area contributed by atoms with Crippen molar-refractivity contribution in [1.29, 1.82) is 0 Å². The Morgan fingerprint density at radius 2 is 2.15 bits per heavy atom. The van der Waals surface area contributed by atoms with Gasteiger partial charge in [0.15, 0.2) is 0 Å². The van der Waals surface area contributed by atoms with Crippen LogP contribution in [0.3, 0.4) is 0 Å². The number of carbonyl (C=O) groups is 1. The molecule has 1 rings (SSSR count). The molecule has 1 heterocycles. The Bertz CT molecular complexity index is 339. The molecule has 0 aliphatic carbocycles. The van der Waals surface area contributed by atoms with Crippen LogP contribution < -0.4 is 0 Å². The highest BCUT2D eigenvalue weighted by atomic mass is 16.4. The number of rotatable bonds is 2. The SMILES string of the molecule is C/C(=C\c1cc(C)c(C)o1)C(=O)O. The molecule has 0 aliphatic heterocycles. The average Bonchev–Trinajstić information content (AvgIpc) is 2.31. The van der Waals surface area contributed by atoms with Gasteiger partial charge >= 0.3 is 5.97 Å². The molecule has 70 valence electrons. The Hall–Kier alpha value is -1.51. The minimum Gasteiger partial charge on any atom is -0.478 e. The summed E-state index contributed by atoms with van der Waals surface area (Å²) < 4.78 is 5.30. The maximum atomic E-state index is 10.5. The molecule has 3 nitrogen and oxygen atoms in total. The first kappa shape index (κ1) is 9.58. The van der Waals surface area contributed by atoms with Crippen molar-refractivity contribution in [1.82, 2.24) is 0 Å². The van der Waals surface area contributed by atoms with Gasteiger partial charge in [0, 0.05) is 5.57 Å². The molecule has 13 heavy (non-hydrogen) atoms. The molecule has 0 saturated carbocycles. The van der Waals surface area contributed by atoms with Gasteiger partial charge in [0.1, 0.15) is 11.5 Å². The normalized spacial score (nSPS) is 11.8. The number of carboxylic acid groups (broad SMARTS) is 1. The zero-order chi connectivity index (χ0) is 10.0. The Labute approximate surface area is 76.7 Å². The lowest BCUT2D eigenvalue weighted by Crippen LogP contribution is -1.94. The quantitative estimate of drug-likeness (QED) is 0.711. The minimum atomic E-state index is -0.924. The molecular formula is C10H12O3. The van der Waals surface area contributed by atoms with E-state index in [2.05, 4.69) is 0 Å². The summed E-state index contributed by atoms with van der Waals surface area (Å²) in [7, 11) is 0. The van der Waals surface area contributed by atoms with Gasteiger partial charge in [-0.3, -0.25) is 0 Å². The molecule has 0 aromatic carbocycles. The summed E-state index contributed by atoms with van der Waals surface area (Å²) in [6.45, 7) is 5.31. The fourth-order valence-electron chi connectivity index (χ4n) is 0.948. The van der Waals surface area contributed by atoms with Crippen LogP contribution in [0.2, 0.25) is 0 Å². The van der Waals surface area contributed by atoms with Crippen LogP contribution in [0.4, 0.5) is 0 Å². The molecule has 0 radical (unpaired) electrons. The molecule has 0 bridgehead atoms. The van der Waals surface area contributed by atoms with E-state index in [1.54, 1.807) is 0 Å². The fourth-order valence-corrected chi connectivity index (χ4v) is 0.948. The van der Waals surface area contributed by atoms with Crippen molar-refractivity contribution in [2.75, 3.05) is 0 Å². The summed E-state index contributed by atoms with van der Waals surface area (Å²) in [4.78, 5) is 10.5. The van der Waals surface area contributed by atoms with E-state index in [9.17, 15) is 4.79 Å². The molecule has 1 N–H and O–H groups in total. The smallest absolute Gasteiger partial charge is 0.331 e. The van der Waals surface area contributed by atoms with Gasteiger partial charge in [-0.25, -0.2) is 4.79 Å². The van der Waals surface area contributed by atoms with Crippen LogP contribution in [0, 0.1) is 13.8 Å². The lowest BCUT2D eigenvalue weighted by molar-refractivity contribution is -0.132. The average molecular weight is 180 g/mol. The monoisotopic (exact) mass is 180 g/mol. The van der Waals surface area contributed by atoms with Gasteiger partial charge in [0.2, 0.25) is 0 Å². The van der Waals surface area contributed by atoms with E-state index in [1.165, 1.54) is 13.0 Å². The molecule has 0 spiro atoms. The van der Waals surface area contributed by atoms with Crippen LogP contribution in [-0.2, 0) is 4.79 Å². The predicted octanol–water partition coefficient (Wildman–Crippen LogP) is 2.38. The maximum Gasteiger partial charge on any atom is 0.331 e. The maximum absolute atomic E-state index is 10.5. The third-order valence-corrected chi connectivity index (χ3v) is 1.88. The molecule has 0 amide bonds. The highest BCUT2D eigenvalue weighted by Crippen LogP contribution is 2.15. The van der Waals surface area contributed by atoms with Crippen molar-refractivity contribution >= 4 is 12.0 Å². The second-order valence-corrected chi connectivity index (χ2v) is 3.02. The number of furan rings is 1. The van der Waals surface area contributed by atoms with Crippen LogP contribution in [-0.4, -0.2) is 11.1 Å². The molecule has 1 aromatic rings. The van der Waals surface area contributed by atoms with E-state index in [4.69, 9.17) is 9.52 Å². The van der Waals surface area contributed by atoms with E-state index in [0.29, 0.717) is 5.76 Å². The van der Waals surface area contributed by atoms with Gasteiger partial charge in [-0.1, -0.05) is 0 Å². The van der Waals surface area contributed by atoms with Gasteiger partial charge in [0.25, 0.3) is 0 Å². The second-order valence-electron chi connectivity index (χ2n) is 3.02. The van der Waals surface area contributed by atoms with Gasteiger partial charge in [-0.15, -0.1) is 0 Å². The lowest BCUT2D eigenvalue weighted by atomic mass is 10.2. The number of hydrogen-bond donors (Lipinski definition) is 1. The zero-order valence-corrected chi connectivity index (χ0v) is 7.92. The van der Waals surface area contributed by atoms with Crippen molar-refractivity contribution in [3.05, 3.63) is 28.7 Å². The van der Waals surface area contributed by atoms with Crippen LogP contribution in [0.25, 0.3) is 6.08 Å². The fraction of sp³-hybridized carbons (Fsp3) is 0.300. The van der Waals surface area contributed by atoms with E-state index in [0.717, 1.165) is 11.3 Å². The topological polar surface area (TPSA) is 50.4 Å². The van der Waals surface area contributed by atoms with Crippen molar-refractivity contribution in [2.24, 2.45) is 0 Å². The summed E-state index contributed by atoms with van der Waals surface area (Å²) in [5, 5.41) is 8.61. The van der Waals surface area contributed by atoms with E-state index < -0.39 is 5.97 Å². The first-order valence-electron chi connectivity index (χ1n) is 3.99. The van der Waals surface area contributed by atoms with Gasteiger partial charge < -0.3 is 9.52 Å². The van der Waals surface area contributed by atoms with Gasteiger partial charge in [-0.2, -0.15) is 0 Å². The van der Waals surface area contributed by atoms with Crippen molar-refractivity contribution in [3.63, 3.8) is 0 Å². The van der Waals surface area contributed by atoms with Crippen molar-refractivity contribution < 1.29 is 14.3 Å². The molecule has 0 unspecified atom stereocenters. The third-order valence-electron chi connectivity index (χ3n) is 1.88. The first-order valence-corrected chi connectivity index (χ1v) is 3.99. The molecule has 3 heteroatoms. The van der Waals surface area contributed by atoms with Crippen LogP contribution in [0.15, 0.2) is 16.1 Å². The zero-order valence-electron chi connectivity index (χ0n) is 7.92.